The third kappa shape index (κ3) is 4.14. The van der Waals surface area contributed by atoms with Gasteiger partial charge in [0.15, 0.2) is 0 Å². The summed E-state index contributed by atoms with van der Waals surface area (Å²) >= 11 is 0. The molecule has 170 valence electrons. The molecule has 0 aliphatic carbocycles. The van der Waals surface area contributed by atoms with E-state index in [1.807, 2.05) is 7.05 Å². The van der Waals surface area contributed by atoms with Gasteiger partial charge in [0.2, 0.25) is 0 Å². The second kappa shape index (κ2) is 8.78. The molecule has 3 aromatic rings. The molecule has 2 N–H and O–H groups in total. The van der Waals surface area contributed by atoms with Crippen molar-refractivity contribution in [2.45, 2.75) is 31.9 Å². The SMILES string of the molecule is C[C@@H](Nc1ncnc2c1cc(NC1CCN(C)C1)c(=O)n2C)c1cccc(C(F)F)c1F. The normalized spacial score (nSPS) is 17.8. The molecule has 0 radical (unpaired) electrons. The van der Waals surface area contributed by atoms with Crippen molar-refractivity contribution >= 4 is 22.5 Å². The van der Waals surface area contributed by atoms with Crippen molar-refractivity contribution in [3.8, 4) is 0 Å². The number of alkyl halides is 2. The average molecular weight is 446 g/mol. The summed E-state index contributed by atoms with van der Waals surface area (Å²) in [6, 6.07) is 5.13. The molecule has 10 heteroatoms. The summed E-state index contributed by atoms with van der Waals surface area (Å²) in [7, 11) is 3.65. The van der Waals surface area contributed by atoms with Crippen LogP contribution in [-0.4, -0.2) is 45.6 Å². The van der Waals surface area contributed by atoms with Crippen LogP contribution in [0.4, 0.5) is 24.7 Å². The lowest BCUT2D eigenvalue weighted by Crippen LogP contribution is -2.29. The van der Waals surface area contributed by atoms with Crippen LogP contribution in [0.5, 0.6) is 0 Å². The van der Waals surface area contributed by atoms with E-state index >= 15 is 0 Å². The van der Waals surface area contributed by atoms with E-state index in [0.717, 1.165) is 25.6 Å². The number of benzene rings is 1. The molecule has 0 spiro atoms. The van der Waals surface area contributed by atoms with Crippen LogP contribution in [0.2, 0.25) is 0 Å². The number of aromatic nitrogens is 3. The first-order valence-electron chi connectivity index (χ1n) is 10.4. The lowest BCUT2D eigenvalue weighted by molar-refractivity contribution is 0.146. The Kier molecular flexibility index (Phi) is 6.05. The van der Waals surface area contributed by atoms with E-state index in [1.165, 1.54) is 23.0 Å². The highest BCUT2D eigenvalue weighted by molar-refractivity contribution is 5.89. The van der Waals surface area contributed by atoms with Gasteiger partial charge in [-0.05, 0) is 33.0 Å². The third-order valence-corrected chi connectivity index (χ3v) is 5.87. The minimum atomic E-state index is -2.90. The van der Waals surface area contributed by atoms with Crippen molar-refractivity contribution in [2.75, 3.05) is 30.8 Å². The number of hydrogen-bond donors (Lipinski definition) is 2. The topological polar surface area (TPSA) is 75.1 Å². The van der Waals surface area contributed by atoms with Crippen LogP contribution in [0.1, 0.15) is 36.9 Å². The van der Waals surface area contributed by atoms with Crippen LogP contribution in [0.15, 0.2) is 35.4 Å². The first-order valence-corrected chi connectivity index (χ1v) is 10.4. The van der Waals surface area contributed by atoms with Crippen molar-refractivity contribution in [3.63, 3.8) is 0 Å². The molecule has 1 aromatic carbocycles. The number of anilines is 2. The molecule has 1 aliphatic rings. The minimum absolute atomic E-state index is 0.103. The second-order valence-corrected chi connectivity index (χ2v) is 8.19. The number of pyridine rings is 1. The van der Waals surface area contributed by atoms with E-state index in [9.17, 15) is 18.0 Å². The lowest BCUT2D eigenvalue weighted by atomic mass is 10.0. The lowest BCUT2D eigenvalue weighted by Gasteiger charge is -2.19. The van der Waals surface area contributed by atoms with Gasteiger partial charge in [0.05, 0.1) is 17.0 Å². The van der Waals surface area contributed by atoms with E-state index in [4.69, 9.17) is 0 Å². The molecule has 2 atom stereocenters. The summed E-state index contributed by atoms with van der Waals surface area (Å²) in [5.41, 5.74) is 0.0959. The summed E-state index contributed by atoms with van der Waals surface area (Å²) in [5, 5.41) is 6.98. The zero-order chi connectivity index (χ0) is 23.0. The van der Waals surface area contributed by atoms with Gasteiger partial charge in [-0.15, -0.1) is 0 Å². The minimum Gasteiger partial charge on any atom is -0.376 e. The molecule has 32 heavy (non-hydrogen) atoms. The molecular formula is C22H25F3N6O. The fourth-order valence-electron chi connectivity index (χ4n) is 4.11. The van der Waals surface area contributed by atoms with Crippen molar-refractivity contribution in [1.82, 2.24) is 19.4 Å². The number of rotatable bonds is 6. The largest absolute Gasteiger partial charge is 0.376 e. The molecule has 0 bridgehead atoms. The second-order valence-electron chi connectivity index (χ2n) is 8.19. The van der Waals surface area contributed by atoms with Gasteiger partial charge in [-0.3, -0.25) is 9.36 Å². The zero-order valence-electron chi connectivity index (χ0n) is 18.1. The van der Waals surface area contributed by atoms with E-state index in [0.29, 0.717) is 22.5 Å². The number of halogens is 3. The summed E-state index contributed by atoms with van der Waals surface area (Å²) < 4.78 is 42.3. The van der Waals surface area contributed by atoms with Gasteiger partial charge in [-0.1, -0.05) is 18.2 Å². The first-order chi connectivity index (χ1) is 15.3. The summed E-state index contributed by atoms with van der Waals surface area (Å²) in [4.78, 5) is 23.5. The van der Waals surface area contributed by atoms with Gasteiger partial charge in [-0.2, -0.15) is 0 Å². The van der Waals surface area contributed by atoms with Crippen LogP contribution in [0, 0.1) is 5.82 Å². The van der Waals surface area contributed by atoms with Crippen LogP contribution in [-0.2, 0) is 7.05 Å². The third-order valence-electron chi connectivity index (χ3n) is 5.87. The average Bonchev–Trinajstić information content (AvgIpc) is 3.16. The van der Waals surface area contributed by atoms with Crippen molar-refractivity contribution in [2.24, 2.45) is 7.05 Å². The molecular weight excluding hydrogens is 421 g/mol. The Bertz CT molecular complexity index is 1200. The van der Waals surface area contributed by atoms with Crippen molar-refractivity contribution < 1.29 is 13.2 Å². The van der Waals surface area contributed by atoms with Gasteiger partial charge in [-0.25, -0.2) is 23.1 Å². The molecule has 1 saturated heterocycles. The van der Waals surface area contributed by atoms with Crippen molar-refractivity contribution in [3.05, 3.63) is 57.9 Å². The summed E-state index contributed by atoms with van der Waals surface area (Å²) in [6.07, 6.45) is -0.674. The van der Waals surface area contributed by atoms with Gasteiger partial charge >= 0.3 is 0 Å². The highest BCUT2D eigenvalue weighted by Gasteiger charge is 2.23. The Morgan fingerprint density at radius 3 is 2.62 bits per heavy atom. The Labute approximate surface area is 183 Å². The molecule has 4 rings (SSSR count). The summed E-state index contributed by atoms with van der Waals surface area (Å²) in [5.74, 6) is -0.562. The number of likely N-dealkylation sites (tertiary alicyclic amines) is 1. The fourth-order valence-corrected chi connectivity index (χ4v) is 4.11. The van der Waals surface area contributed by atoms with Crippen molar-refractivity contribution in [1.29, 1.82) is 0 Å². The number of aryl methyl sites for hydroxylation is 1. The monoisotopic (exact) mass is 446 g/mol. The quantitative estimate of drug-likeness (QED) is 0.602. The number of hydrogen-bond acceptors (Lipinski definition) is 6. The molecule has 1 aliphatic heterocycles. The predicted octanol–water partition coefficient (Wildman–Crippen LogP) is 3.69. The predicted molar refractivity (Wildman–Crippen MR) is 118 cm³/mol. The van der Waals surface area contributed by atoms with Gasteiger partial charge in [0.1, 0.15) is 29.3 Å². The molecule has 2 aromatic heterocycles. The maximum absolute atomic E-state index is 14.6. The maximum Gasteiger partial charge on any atom is 0.275 e. The van der Waals surface area contributed by atoms with E-state index in [1.54, 1.807) is 20.0 Å². The van der Waals surface area contributed by atoms with Crippen LogP contribution in [0.25, 0.3) is 11.0 Å². The van der Waals surface area contributed by atoms with Crippen LogP contribution >= 0.6 is 0 Å². The Morgan fingerprint density at radius 1 is 1.19 bits per heavy atom. The maximum atomic E-state index is 14.6. The van der Waals surface area contributed by atoms with E-state index in [-0.39, 0.29) is 17.2 Å². The Balaban J connectivity index is 1.70. The van der Waals surface area contributed by atoms with E-state index in [2.05, 4.69) is 25.5 Å². The standard InChI is InChI=1S/C22H25F3N6O/c1-12(14-5-4-6-15(18(14)23)19(24)25)28-20-16-9-17(29-13-7-8-30(2)10-13)22(32)31(3)21(16)27-11-26-20/h4-6,9,11-13,19,29H,7-8,10H2,1-3H3,(H,26,27,28)/t12-,13?/m1/s1. The zero-order valence-corrected chi connectivity index (χ0v) is 18.1. The molecule has 7 nitrogen and oxygen atoms in total. The molecule has 1 fully saturated rings. The number of nitrogens with zero attached hydrogens (tertiary/aromatic N) is 4. The van der Waals surface area contributed by atoms with Gasteiger partial charge < -0.3 is 15.5 Å². The highest BCUT2D eigenvalue weighted by Crippen LogP contribution is 2.30. The molecule has 0 amide bonds. The molecule has 0 saturated carbocycles. The Morgan fingerprint density at radius 2 is 1.94 bits per heavy atom. The molecule has 1 unspecified atom stereocenters. The smallest absolute Gasteiger partial charge is 0.275 e. The van der Waals surface area contributed by atoms with Crippen LogP contribution in [0.3, 0.4) is 0 Å². The highest BCUT2D eigenvalue weighted by atomic mass is 19.3. The Hall–Kier alpha value is -3.14. The van der Waals surface area contributed by atoms with Crippen LogP contribution < -0.4 is 16.2 Å². The first kappa shape index (κ1) is 22.1. The fraction of sp³-hybridized carbons (Fsp3) is 0.409. The summed E-state index contributed by atoms with van der Waals surface area (Å²) in [6.45, 7) is 3.44. The number of likely N-dealkylation sites (N-methyl/N-ethyl adjacent to an activating group) is 1. The number of nitrogens with one attached hydrogen (secondary N) is 2. The van der Waals surface area contributed by atoms with E-state index < -0.39 is 23.8 Å². The van der Waals surface area contributed by atoms with Gasteiger partial charge in [0, 0.05) is 25.2 Å². The molecule has 3 heterocycles. The van der Waals surface area contributed by atoms with Gasteiger partial charge in [0.25, 0.3) is 12.0 Å². The number of fused-ring (bicyclic) bond motifs is 1.